The molecule has 11 nitrogen and oxygen atoms in total. The Morgan fingerprint density at radius 2 is 1.92 bits per heavy atom. The number of nitrogens with one attached hydrogen (secondary N) is 1. The van der Waals surface area contributed by atoms with Crippen molar-refractivity contribution in [2.24, 2.45) is 0 Å². The van der Waals surface area contributed by atoms with Gasteiger partial charge in [0.1, 0.15) is 5.60 Å². The number of anilines is 1. The lowest BCUT2D eigenvalue weighted by atomic mass is 10.2. The van der Waals surface area contributed by atoms with Crippen LogP contribution in [0.2, 0.25) is 0 Å². The van der Waals surface area contributed by atoms with Crippen molar-refractivity contribution >= 4 is 34.7 Å². The molecule has 3 aromatic heterocycles. The Labute approximate surface area is 214 Å². The number of amides is 2. The fraction of sp³-hybridized carbons (Fsp3) is 0.346. The van der Waals surface area contributed by atoms with Gasteiger partial charge in [0.05, 0.1) is 36.4 Å². The number of rotatable bonds is 4. The highest BCUT2D eigenvalue weighted by Gasteiger charge is 2.25. The number of carbonyl (C=O) groups excluding carboxylic acids is 2. The third-order valence-corrected chi connectivity index (χ3v) is 5.60. The summed E-state index contributed by atoms with van der Waals surface area (Å²) in [7, 11) is 0. The van der Waals surface area contributed by atoms with Crippen LogP contribution in [0.5, 0.6) is 0 Å². The van der Waals surface area contributed by atoms with E-state index in [0.717, 1.165) is 0 Å². The molecule has 11 heteroatoms. The van der Waals surface area contributed by atoms with Gasteiger partial charge >= 0.3 is 12.2 Å². The van der Waals surface area contributed by atoms with Crippen molar-refractivity contribution in [3.05, 3.63) is 54.2 Å². The molecule has 3 aromatic rings. The zero-order valence-corrected chi connectivity index (χ0v) is 20.9. The van der Waals surface area contributed by atoms with Crippen LogP contribution in [0.3, 0.4) is 0 Å². The van der Waals surface area contributed by atoms with E-state index >= 15 is 0 Å². The smallest absolute Gasteiger partial charge is 0.416 e. The van der Waals surface area contributed by atoms with E-state index in [-0.39, 0.29) is 19.0 Å². The number of ether oxygens (including phenoxy) is 1. The minimum absolute atomic E-state index is 0.109. The van der Waals surface area contributed by atoms with Crippen molar-refractivity contribution in [1.29, 1.82) is 0 Å². The Bertz CT molecular complexity index is 1400. The Morgan fingerprint density at radius 1 is 1.16 bits per heavy atom. The summed E-state index contributed by atoms with van der Waals surface area (Å²) in [5.74, 6) is 5.94. The van der Waals surface area contributed by atoms with Gasteiger partial charge in [0.15, 0.2) is 0 Å². The normalized spacial score (nSPS) is 14.2. The van der Waals surface area contributed by atoms with Crippen LogP contribution in [0, 0.1) is 11.8 Å². The second kappa shape index (κ2) is 10.7. The summed E-state index contributed by atoms with van der Waals surface area (Å²) < 4.78 is 6.49. The average Bonchev–Trinajstić information content (AvgIpc) is 3.19. The molecule has 4 rings (SSSR count). The van der Waals surface area contributed by atoms with E-state index in [4.69, 9.17) is 4.74 Å². The molecule has 0 saturated carbocycles. The SMILES string of the molecule is CC(C)(C)OC(=O)Nc1ccncc1C#CCN1CCN(Cc2cc3cnccc3n2C(=O)O)C(=O)C1. The highest BCUT2D eigenvalue weighted by atomic mass is 16.6. The average molecular weight is 505 g/mol. The lowest BCUT2D eigenvalue weighted by Gasteiger charge is -2.33. The van der Waals surface area contributed by atoms with E-state index in [1.165, 1.54) is 4.57 Å². The van der Waals surface area contributed by atoms with Crippen molar-refractivity contribution in [3.63, 3.8) is 0 Å². The Balaban J connectivity index is 1.37. The van der Waals surface area contributed by atoms with E-state index in [1.54, 1.807) is 68.7 Å². The number of piperazine rings is 1. The Morgan fingerprint density at radius 3 is 2.65 bits per heavy atom. The number of aromatic nitrogens is 3. The van der Waals surface area contributed by atoms with Crippen molar-refractivity contribution in [2.75, 3.05) is 31.5 Å². The highest BCUT2D eigenvalue weighted by Crippen LogP contribution is 2.21. The van der Waals surface area contributed by atoms with Gasteiger partial charge in [-0.15, -0.1) is 0 Å². The minimum atomic E-state index is -1.10. The molecule has 0 aromatic carbocycles. The number of hydrogen-bond donors (Lipinski definition) is 2. The topological polar surface area (TPSA) is 130 Å². The van der Waals surface area contributed by atoms with Gasteiger partial charge in [0, 0.05) is 49.0 Å². The predicted octanol–water partition coefficient (Wildman–Crippen LogP) is 3.00. The maximum Gasteiger partial charge on any atom is 0.416 e. The molecule has 0 atom stereocenters. The maximum atomic E-state index is 12.8. The van der Waals surface area contributed by atoms with Crippen LogP contribution in [-0.4, -0.2) is 79.3 Å². The molecule has 2 N–H and O–H groups in total. The first-order chi connectivity index (χ1) is 17.6. The molecule has 1 aliphatic rings. The fourth-order valence-corrected chi connectivity index (χ4v) is 3.97. The molecular weight excluding hydrogens is 476 g/mol. The summed E-state index contributed by atoms with van der Waals surface area (Å²) in [4.78, 5) is 48.5. The first-order valence-corrected chi connectivity index (χ1v) is 11.7. The zero-order chi connectivity index (χ0) is 26.6. The Kier molecular flexibility index (Phi) is 7.40. The molecule has 37 heavy (non-hydrogen) atoms. The lowest BCUT2D eigenvalue weighted by Crippen LogP contribution is -2.50. The monoisotopic (exact) mass is 504 g/mol. The third kappa shape index (κ3) is 6.42. The number of pyridine rings is 2. The first-order valence-electron chi connectivity index (χ1n) is 11.7. The predicted molar refractivity (Wildman–Crippen MR) is 136 cm³/mol. The second-order valence-electron chi connectivity index (χ2n) is 9.56. The molecule has 0 unspecified atom stereocenters. The number of carbonyl (C=O) groups is 3. The maximum absolute atomic E-state index is 12.8. The molecule has 0 aliphatic carbocycles. The molecule has 192 valence electrons. The van der Waals surface area contributed by atoms with Crippen LogP contribution in [0.1, 0.15) is 32.0 Å². The van der Waals surface area contributed by atoms with Gasteiger partial charge in [-0.05, 0) is 39.0 Å². The fourth-order valence-electron chi connectivity index (χ4n) is 3.97. The molecule has 0 radical (unpaired) electrons. The van der Waals surface area contributed by atoms with Crippen LogP contribution in [0.15, 0.2) is 43.0 Å². The summed E-state index contributed by atoms with van der Waals surface area (Å²) in [5, 5.41) is 13.1. The van der Waals surface area contributed by atoms with Gasteiger partial charge in [-0.2, -0.15) is 0 Å². The molecule has 4 heterocycles. The van der Waals surface area contributed by atoms with Crippen LogP contribution in [0.4, 0.5) is 15.3 Å². The van der Waals surface area contributed by atoms with E-state index in [1.807, 2.05) is 4.90 Å². The van der Waals surface area contributed by atoms with Crippen LogP contribution < -0.4 is 5.32 Å². The van der Waals surface area contributed by atoms with E-state index in [0.29, 0.717) is 47.5 Å². The standard InChI is InChI=1S/C26H28N6O5/c1-26(2,3)37-24(34)29-21-6-8-27-14-18(21)5-4-10-30-11-12-31(23(33)17-30)16-20-13-19-15-28-9-7-22(19)32(20)25(35)36/h6-9,13-15H,10-12,16-17H2,1-3H3,(H,35,36)(H,27,29,34). The molecule has 1 aliphatic heterocycles. The van der Waals surface area contributed by atoms with Crippen LogP contribution in [-0.2, 0) is 16.1 Å². The molecule has 1 fully saturated rings. The lowest BCUT2D eigenvalue weighted by molar-refractivity contribution is -0.136. The summed E-state index contributed by atoms with van der Waals surface area (Å²) in [6.07, 6.45) is 4.57. The van der Waals surface area contributed by atoms with E-state index in [2.05, 4.69) is 27.1 Å². The third-order valence-electron chi connectivity index (χ3n) is 5.60. The number of hydrogen-bond acceptors (Lipinski definition) is 7. The largest absolute Gasteiger partial charge is 0.464 e. The molecule has 0 bridgehead atoms. The summed E-state index contributed by atoms with van der Waals surface area (Å²) in [5.41, 5.74) is 1.45. The van der Waals surface area contributed by atoms with Crippen LogP contribution in [0.25, 0.3) is 10.9 Å². The highest BCUT2D eigenvalue weighted by molar-refractivity contribution is 5.90. The zero-order valence-electron chi connectivity index (χ0n) is 20.9. The number of nitrogens with zero attached hydrogens (tertiary/aromatic N) is 5. The van der Waals surface area contributed by atoms with Crippen molar-refractivity contribution < 1.29 is 24.2 Å². The first kappa shape index (κ1) is 25.7. The number of fused-ring (bicyclic) bond motifs is 1. The summed E-state index contributed by atoms with van der Waals surface area (Å²) in [6, 6.07) is 5.03. The van der Waals surface area contributed by atoms with E-state index in [9.17, 15) is 19.5 Å². The molecule has 1 saturated heterocycles. The Hall–Kier alpha value is -4.43. The van der Waals surface area contributed by atoms with Gasteiger partial charge in [-0.25, -0.2) is 14.2 Å². The minimum Gasteiger partial charge on any atom is -0.464 e. The second-order valence-corrected chi connectivity index (χ2v) is 9.56. The van der Waals surface area contributed by atoms with Gasteiger partial charge in [-0.1, -0.05) is 11.8 Å². The van der Waals surface area contributed by atoms with E-state index < -0.39 is 17.8 Å². The summed E-state index contributed by atoms with van der Waals surface area (Å²) >= 11 is 0. The molecule has 0 spiro atoms. The molecular formula is C26H28N6O5. The summed E-state index contributed by atoms with van der Waals surface area (Å²) in [6.45, 7) is 7.08. The van der Waals surface area contributed by atoms with Crippen LogP contribution >= 0.6 is 0 Å². The van der Waals surface area contributed by atoms with Gasteiger partial charge in [-0.3, -0.25) is 25.0 Å². The molecule has 2 amide bonds. The van der Waals surface area contributed by atoms with Gasteiger partial charge in [0.25, 0.3) is 0 Å². The number of carboxylic acid groups (broad SMARTS) is 1. The van der Waals surface area contributed by atoms with Gasteiger partial charge in [0.2, 0.25) is 5.91 Å². The van der Waals surface area contributed by atoms with Gasteiger partial charge < -0.3 is 14.7 Å². The van der Waals surface area contributed by atoms with Crippen molar-refractivity contribution in [1.82, 2.24) is 24.3 Å². The quantitative estimate of drug-likeness (QED) is 0.519. The van der Waals surface area contributed by atoms with Crippen molar-refractivity contribution in [3.8, 4) is 11.8 Å². The van der Waals surface area contributed by atoms with Crippen molar-refractivity contribution in [2.45, 2.75) is 32.9 Å².